The van der Waals surface area contributed by atoms with Crippen LogP contribution >= 0.6 is 11.5 Å². The van der Waals surface area contributed by atoms with Gasteiger partial charge in [-0.05, 0) is 30.6 Å². The standard InChI is InChI=1S/C15H20N4OS/c1-2-20-13-14(16)17-21-15(13)19-10-8-18(9-11-19)12-6-4-3-5-7-12/h3-7H,2,8-11H2,1H3,(H2,16,17). The predicted octanol–water partition coefficient (Wildman–Crippen LogP) is 2.45. The first kappa shape index (κ1) is 14.0. The number of anilines is 3. The zero-order valence-corrected chi connectivity index (χ0v) is 13.0. The van der Waals surface area contributed by atoms with E-state index in [9.17, 15) is 0 Å². The fraction of sp³-hybridized carbons (Fsp3) is 0.400. The van der Waals surface area contributed by atoms with Gasteiger partial charge in [0.2, 0.25) is 0 Å². The highest BCUT2D eigenvalue weighted by atomic mass is 32.1. The molecule has 0 atom stereocenters. The summed E-state index contributed by atoms with van der Waals surface area (Å²) < 4.78 is 9.87. The molecule has 1 aromatic carbocycles. The average molecular weight is 304 g/mol. The van der Waals surface area contributed by atoms with Crippen molar-refractivity contribution >= 4 is 28.0 Å². The number of benzene rings is 1. The molecule has 3 rings (SSSR count). The van der Waals surface area contributed by atoms with Gasteiger partial charge in [0.05, 0.1) is 6.61 Å². The number of ether oxygens (including phenoxy) is 1. The number of nitrogen functional groups attached to an aromatic ring is 1. The van der Waals surface area contributed by atoms with Gasteiger partial charge in [-0.2, -0.15) is 4.37 Å². The first-order valence-electron chi connectivity index (χ1n) is 7.22. The molecule has 0 aliphatic carbocycles. The van der Waals surface area contributed by atoms with Gasteiger partial charge in [0, 0.05) is 31.9 Å². The second kappa shape index (κ2) is 6.22. The Balaban J connectivity index is 1.69. The fourth-order valence-corrected chi connectivity index (χ4v) is 3.38. The van der Waals surface area contributed by atoms with Gasteiger partial charge in [-0.3, -0.25) is 0 Å². The molecule has 0 unspecified atom stereocenters. The second-order valence-electron chi connectivity index (χ2n) is 4.94. The van der Waals surface area contributed by atoms with Crippen molar-refractivity contribution in [1.29, 1.82) is 0 Å². The lowest BCUT2D eigenvalue weighted by atomic mass is 10.2. The Morgan fingerprint density at radius 2 is 1.81 bits per heavy atom. The van der Waals surface area contributed by atoms with Gasteiger partial charge in [-0.15, -0.1) is 0 Å². The summed E-state index contributed by atoms with van der Waals surface area (Å²) in [6.45, 7) is 6.47. The number of nitrogens with two attached hydrogens (primary N) is 1. The molecule has 2 N–H and O–H groups in total. The zero-order valence-electron chi connectivity index (χ0n) is 12.2. The van der Waals surface area contributed by atoms with Gasteiger partial charge >= 0.3 is 0 Å². The van der Waals surface area contributed by atoms with Crippen LogP contribution in [0.5, 0.6) is 5.75 Å². The van der Waals surface area contributed by atoms with E-state index in [0.29, 0.717) is 12.4 Å². The number of para-hydroxylation sites is 1. The molecule has 0 radical (unpaired) electrons. The molecule has 2 heterocycles. The van der Waals surface area contributed by atoms with Crippen LogP contribution in [-0.2, 0) is 0 Å². The summed E-state index contributed by atoms with van der Waals surface area (Å²) in [5.41, 5.74) is 7.17. The van der Waals surface area contributed by atoms with E-state index in [1.807, 2.05) is 13.0 Å². The van der Waals surface area contributed by atoms with E-state index in [4.69, 9.17) is 10.5 Å². The summed E-state index contributed by atoms with van der Waals surface area (Å²) in [5.74, 6) is 1.25. The van der Waals surface area contributed by atoms with Crippen LogP contribution < -0.4 is 20.3 Å². The van der Waals surface area contributed by atoms with E-state index in [1.54, 1.807) is 0 Å². The highest BCUT2D eigenvalue weighted by Crippen LogP contribution is 2.38. The molecule has 0 amide bonds. The maximum absolute atomic E-state index is 5.89. The molecule has 1 aromatic heterocycles. The third kappa shape index (κ3) is 2.90. The van der Waals surface area contributed by atoms with Crippen molar-refractivity contribution in [3.05, 3.63) is 30.3 Å². The van der Waals surface area contributed by atoms with E-state index >= 15 is 0 Å². The molecule has 0 spiro atoms. The molecule has 21 heavy (non-hydrogen) atoms. The molecule has 1 aliphatic rings. The molecule has 112 valence electrons. The number of hydrogen-bond acceptors (Lipinski definition) is 6. The normalized spacial score (nSPS) is 15.3. The summed E-state index contributed by atoms with van der Waals surface area (Å²) in [6, 6.07) is 10.5. The Morgan fingerprint density at radius 1 is 1.14 bits per heavy atom. The third-order valence-electron chi connectivity index (χ3n) is 3.63. The smallest absolute Gasteiger partial charge is 0.197 e. The summed E-state index contributed by atoms with van der Waals surface area (Å²) in [7, 11) is 0. The lowest BCUT2D eigenvalue weighted by Crippen LogP contribution is -2.46. The van der Waals surface area contributed by atoms with Gasteiger partial charge in [0.1, 0.15) is 0 Å². The van der Waals surface area contributed by atoms with Gasteiger partial charge in [0.25, 0.3) is 0 Å². The molecular weight excluding hydrogens is 284 g/mol. The minimum absolute atomic E-state index is 0.502. The van der Waals surface area contributed by atoms with Gasteiger partial charge in [-0.1, -0.05) is 18.2 Å². The van der Waals surface area contributed by atoms with Crippen molar-refractivity contribution in [3.63, 3.8) is 0 Å². The summed E-state index contributed by atoms with van der Waals surface area (Å²) in [4.78, 5) is 4.72. The SMILES string of the molecule is CCOc1c(N)nsc1N1CCN(c2ccccc2)CC1. The maximum Gasteiger partial charge on any atom is 0.197 e. The summed E-state index contributed by atoms with van der Waals surface area (Å²) in [6.07, 6.45) is 0. The molecule has 2 aromatic rings. The van der Waals surface area contributed by atoms with Crippen LogP contribution in [0.15, 0.2) is 30.3 Å². The van der Waals surface area contributed by atoms with Crippen LogP contribution in [-0.4, -0.2) is 37.2 Å². The summed E-state index contributed by atoms with van der Waals surface area (Å²) >= 11 is 1.43. The van der Waals surface area contributed by atoms with E-state index < -0.39 is 0 Å². The third-order valence-corrected chi connectivity index (χ3v) is 4.54. The van der Waals surface area contributed by atoms with Gasteiger partial charge in [-0.25, -0.2) is 0 Å². The van der Waals surface area contributed by atoms with Crippen LogP contribution in [0.3, 0.4) is 0 Å². The largest absolute Gasteiger partial charge is 0.487 e. The Kier molecular flexibility index (Phi) is 4.15. The number of aromatic nitrogens is 1. The van der Waals surface area contributed by atoms with E-state index in [2.05, 4.69) is 38.4 Å². The van der Waals surface area contributed by atoms with Crippen molar-refractivity contribution in [2.24, 2.45) is 0 Å². The van der Waals surface area contributed by atoms with Crippen LogP contribution in [0.4, 0.5) is 16.5 Å². The van der Waals surface area contributed by atoms with Crippen molar-refractivity contribution in [2.45, 2.75) is 6.92 Å². The Morgan fingerprint density at radius 3 is 2.48 bits per heavy atom. The molecule has 1 fully saturated rings. The average Bonchev–Trinajstić information content (AvgIpc) is 2.90. The number of piperazine rings is 1. The Labute approximate surface area is 129 Å². The van der Waals surface area contributed by atoms with Crippen molar-refractivity contribution in [3.8, 4) is 5.75 Å². The lowest BCUT2D eigenvalue weighted by molar-refractivity contribution is 0.342. The molecule has 1 aliphatic heterocycles. The van der Waals surface area contributed by atoms with Crippen molar-refractivity contribution in [1.82, 2.24) is 4.37 Å². The minimum atomic E-state index is 0.502. The highest BCUT2D eigenvalue weighted by molar-refractivity contribution is 7.11. The molecule has 1 saturated heterocycles. The maximum atomic E-state index is 5.89. The second-order valence-corrected chi connectivity index (χ2v) is 5.70. The molecule has 5 nitrogen and oxygen atoms in total. The van der Waals surface area contributed by atoms with Gasteiger partial charge in [0.15, 0.2) is 16.6 Å². The van der Waals surface area contributed by atoms with Crippen LogP contribution in [0.1, 0.15) is 6.92 Å². The molecule has 0 bridgehead atoms. The quantitative estimate of drug-likeness (QED) is 0.940. The number of rotatable bonds is 4. The molecule has 6 heteroatoms. The topological polar surface area (TPSA) is 54.6 Å². The summed E-state index contributed by atoms with van der Waals surface area (Å²) in [5, 5.41) is 1.06. The van der Waals surface area contributed by atoms with E-state index in [0.717, 1.165) is 36.9 Å². The van der Waals surface area contributed by atoms with E-state index in [-0.39, 0.29) is 0 Å². The first-order chi connectivity index (χ1) is 10.3. The number of hydrogen-bond donors (Lipinski definition) is 1. The Hall–Kier alpha value is -1.95. The first-order valence-corrected chi connectivity index (χ1v) is 8.00. The van der Waals surface area contributed by atoms with Crippen molar-refractivity contribution in [2.75, 3.05) is 48.3 Å². The zero-order chi connectivity index (χ0) is 14.7. The van der Waals surface area contributed by atoms with E-state index in [1.165, 1.54) is 17.2 Å². The molecular formula is C15H20N4OS. The predicted molar refractivity (Wildman–Crippen MR) is 88.6 cm³/mol. The monoisotopic (exact) mass is 304 g/mol. The van der Waals surface area contributed by atoms with Crippen molar-refractivity contribution < 1.29 is 4.74 Å². The van der Waals surface area contributed by atoms with Crippen LogP contribution in [0.25, 0.3) is 0 Å². The minimum Gasteiger partial charge on any atom is -0.487 e. The van der Waals surface area contributed by atoms with Crippen LogP contribution in [0, 0.1) is 0 Å². The molecule has 0 saturated carbocycles. The number of nitrogens with zero attached hydrogens (tertiary/aromatic N) is 3. The fourth-order valence-electron chi connectivity index (χ4n) is 2.57. The highest BCUT2D eigenvalue weighted by Gasteiger charge is 2.23. The lowest BCUT2D eigenvalue weighted by Gasteiger charge is -2.36. The van der Waals surface area contributed by atoms with Crippen LogP contribution in [0.2, 0.25) is 0 Å². The van der Waals surface area contributed by atoms with Gasteiger partial charge < -0.3 is 20.3 Å². The Bertz CT molecular complexity index is 579.